The first-order valence-corrected chi connectivity index (χ1v) is 7.24. The third kappa shape index (κ3) is 3.77. The second-order valence-corrected chi connectivity index (χ2v) is 5.85. The van der Waals surface area contributed by atoms with Crippen LogP contribution in [-0.4, -0.2) is 29.1 Å². The van der Waals surface area contributed by atoms with Crippen LogP contribution in [0.25, 0.3) is 0 Å². The third-order valence-electron chi connectivity index (χ3n) is 4.20. The van der Waals surface area contributed by atoms with E-state index in [1.165, 1.54) is 18.9 Å². The number of hydrogen-bond donors (Lipinski definition) is 1. The van der Waals surface area contributed by atoms with E-state index in [-0.39, 0.29) is 5.82 Å². The molecule has 19 heavy (non-hydrogen) atoms. The Morgan fingerprint density at radius 1 is 1.32 bits per heavy atom. The van der Waals surface area contributed by atoms with Crippen LogP contribution < -0.4 is 0 Å². The van der Waals surface area contributed by atoms with Crippen molar-refractivity contribution in [3.05, 3.63) is 35.6 Å². The predicted octanol–water partition coefficient (Wildman–Crippen LogP) is 3.37. The summed E-state index contributed by atoms with van der Waals surface area (Å²) in [5.41, 5.74) is 0.417. The molecule has 1 N–H and O–H groups in total. The van der Waals surface area contributed by atoms with Crippen LogP contribution in [0.5, 0.6) is 0 Å². The average Bonchev–Trinajstić information content (AvgIpc) is 2.40. The van der Waals surface area contributed by atoms with Gasteiger partial charge in [-0.3, -0.25) is 0 Å². The number of aliphatic hydroxyl groups is 1. The van der Waals surface area contributed by atoms with Gasteiger partial charge in [-0.1, -0.05) is 25.1 Å². The van der Waals surface area contributed by atoms with Crippen LogP contribution in [0.4, 0.5) is 4.39 Å². The number of hydrogen-bond acceptors (Lipinski definition) is 2. The first kappa shape index (κ1) is 14.5. The summed E-state index contributed by atoms with van der Waals surface area (Å²) in [5, 5.41) is 10.1. The average molecular weight is 265 g/mol. The molecule has 0 spiro atoms. The second-order valence-electron chi connectivity index (χ2n) is 5.85. The summed E-state index contributed by atoms with van der Waals surface area (Å²) in [6.07, 6.45) is 2.40. The zero-order valence-corrected chi connectivity index (χ0v) is 11.8. The van der Waals surface area contributed by atoms with Crippen LogP contribution in [0.2, 0.25) is 0 Å². The van der Waals surface area contributed by atoms with E-state index in [0.29, 0.717) is 18.0 Å². The van der Waals surface area contributed by atoms with Gasteiger partial charge in [-0.05, 0) is 38.2 Å². The number of rotatable bonds is 4. The summed E-state index contributed by atoms with van der Waals surface area (Å²) in [6.45, 7) is 6.43. The lowest BCUT2D eigenvalue weighted by Crippen LogP contribution is -2.41. The Kier molecular flexibility index (Phi) is 4.94. The van der Waals surface area contributed by atoms with Crippen molar-refractivity contribution >= 4 is 0 Å². The molecule has 0 bridgehead atoms. The molecule has 0 amide bonds. The summed E-state index contributed by atoms with van der Waals surface area (Å²) in [5.74, 6) is 0.414. The van der Waals surface area contributed by atoms with Crippen molar-refractivity contribution in [2.75, 3.05) is 13.1 Å². The maximum absolute atomic E-state index is 13.6. The molecule has 1 saturated heterocycles. The van der Waals surface area contributed by atoms with Crippen LogP contribution in [0, 0.1) is 11.7 Å². The van der Waals surface area contributed by atoms with Gasteiger partial charge in [-0.2, -0.15) is 0 Å². The molecular weight excluding hydrogens is 241 g/mol. The van der Waals surface area contributed by atoms with Gasteiger partial charge in [-0.15, -0.1) is 0 Å². The zero-order valence-electron chi connectivity index (χ0n) is 11.8. The fourth-order valence-electron chi connectivity index (χ4n) is 2.88. The highest BCUT2D eigenvalue weighted by Gasteiger charge is 2.23. The Bertz CT molecular complexity index is 409. The maximum atomic E-state index is 13.6. The minimum Gasteiger partial charge on any atom is -0.388 e. The van der Waals surface area contributed by atoms with E-state index < -0.39 is 6.10 Å². The fourth-order valence-corrected chi connectivity index (χ4v) is 2.88. The van der Waals surface area contributed by atoms with Crippen LogP contribution in [0.15, 0.2) is 24.3 Å². The quantitative estimate of drug-likeness (QED) is 0.902. The largest absolute Gasteiger partial charge is 0.388 e. The van der Waals surface area contributed by atoms with Crippen molar-refractivity contribution in [1.82, 2.24) is 4.90 Å². The van der Waals surface area contributed by atoms with Gasteiger partial charge >= 0.3 is 0 Å². The van der Waals surface area contributed by atoms with Crippen molar-refractivity contribution in [3.8, 4) is 0 Å². The Labute approximate surface area is 115 Å². The molecule has 106 valence electrons. The van der Waals surface area contributed by atoms with Gasteiger partial charge in [0.25, 0.3) is 0 Å². The molecule has 1 aliphatic rings. The number of aliphatic hydroxyl groups excluding tert-OH is 1. The van der Waals surface area contributed by atoms with E-state index in [0.717, 1.165) is 19.0 Å². The summed E-state index contributed by atoms with van der Waals surface area (Å²) in [4.78, 5) is 2.41. The molecule has 1 aromatic carbocycles. The van der Waals surface area contributed by atoms with Gasteiger partial charge in [-0.25, -0.2) is 4.39 Å². The molecule has 0 saturated carbocycles. The van der Waals surface area contributed by atoms with Crippen LogP contribution in [0.1, 0.15) is 44.8 Å². The lowest BCUT2D eigenvalue weighted by molar-refractivity contribution is 0.0894. The van der Waals surface area contributed by atoms with Crippen LogP contribution in [-0.2, 0) is 0 Å². The Morgan fingerprint density at radius 3 is 2.79 bits per heavy atom. The minimum absolute atomic E-state index is 0.310. The van der Waals surface area contributed by atoms with Crippen LogP contribution in [0.3, 0.4) is 0 Å². The summed E-state index contributed by atoms with van der Waals surface area (Å²) >= 11 is 0. The molecule has 1 fully saturated rings. The number of piperidine rings is 1. The van der Waals surface area contributed by atoms with E-state index in [1.54, 1.807) is 18.2 Å². The fraction of sp³-hybridized carbons (Fsp3) is 0.625. The molecule has 2 rings (SSSR count). The van der Waals surface area contributed by atoms with Gasteiger partial charge in [0, 0.05) is 24.7 Å². The Hall–Kier alpha value is -0.930. The van der Waals surface area contributed by atoms with E-state index in [2.05, 4.69) is 18.7 Å². The Balaban J connectivity index is 1.89. The van der Waals surface area contributed by atoms with Gasteiger partial charge < -0.3 is 10.0 Å². The van der Waals surface area contributed by atoms with Gasteiger partial charge in [0.2, 0.25) is 0 Å². The smallest absolute Gasteiger partial charge is 0.128 e. The molecular formula is C16H24FNO. The van der Waals surface area contributed by atoms with Crippen molar-refractivity contribution in [1.29, 1.82) is 0 Å². The first-order chi connectivity index (χ1) is 9.08. The monoisotopic (exact) mass is 265 g/mol. The SMILES string of the molecule is CC1CCC(C)N(CCC(O)c2ccccc2F)C1. The Morgan fingerprint density at radius 2 is 2.05 bits per heavy atom. The van der Waals surface area contributed by atoms with Crippen molar-refractivity contribution in [2.24, 2.45) is 5.92 Å². The van der Waals surface area contributed by atoms with E-state index >= 15 is 0 Å². The number of likely N-dealkylation sites (tertiary alicyclic amines) is 1. The van der Waals surface area contributed by atoms with Gasteiger partial charge in [0.15, 0.2) is 0 Å². The van der Waals surface area contributed by atoms with Crippen molar-refractivity contribution in [3.63, 3.8) is 0 Å². The lowest BCUT2D eigenvalue weighted by atomic mass is 9.94. The molecule has 1 heterocycles. The minimum atomic E-state index is -0.703. The van der Waals surface area contributed by atoms with Gasteiger partial charge in [0.1, 0.15) is 5.82 Å². The molecule has 0 radical (unpaired) electrons. The topological polar surface area (TPSA) is 23.5 Å². The molecule has 2 nitrogen and oxygen atoms in total. The molecule has 0 aliphatic carbocycles. The highest BCUT2D eigenvalue weighted by Crippen LogP contribution is 2.24. The van der Waals surface area contributed by atoms with Crippen LogP contribution >= 0.6 is 0 Å². The normalized spacial score (nSPS) is 26.3. The summed E-state index contributed by atoms with van der Waals surface area (Å²) in [6, 6.07) is 7.07. The van der Waals surface area contributed by atoms with Crippen molar-refractivity contribution in [2.45, 2.75) is 45.3 Å². The number of halogens is 1. The zero-order chi connectivity index (χ0) is 13.8. The molecule has 3 atom stereocenters. The highest BCUT2D eigenvalue weighted by molar-refractivity contribution is 5.19. The molecule has 3 unspecified atom stereocenters. The van der Waals surface area contributed by atoms with E-state index in [4.69, 9.17) is 0 Å². The maximum Gasteiger partial charge on any atom is 0.128 e. The lowest BCUT2D eigenvalue weighted by Gasteiger charge is -2.37. The summed E-state index contributed by atoms with van der Waals surface area (Å²) in [7, 11) is 0. The predicted molar refractivity (Wildman–Crippen MR) is 75.4 cm³/mol. The molecule has 1 aromatic rings. The standard InChI is InChI=1S/C16H24FNO/c1-12-7-8-13(2)18(11-12)10-9-16(19)14-5-3-4-6-15(14)17/h3-6,12-13,16,19H,7-11H2,1-2H3. The van der Waals surface area contributed by atoms with E-state index in [1.807, 2.05) is 0 Å². The highest BCUT2D eigenvalue weighted by atomic mass is 19.1. The van der Waals surface area contributed by atoms with Crippen molar-refractivity contribution < 1.29 is 9.50 Å². The molecule has 3 heteroatoms. The number of nitrogens with zero attached hydrogens (tertiary/aromatic N) is 1. The third-order valence-corrected chi connectivity index (χ3v) is 4.20. The molecule has 1 aliphatic heterocycles. The summed E-state index contributed by atoms with van der Waals surface area (Å²) < 4.78 is 13.6. The second kappa shape index (κ2) is 6.49. The number of benzene rings is 1. The first-order valence-electron chi connectivity index (χ1n) is 7.24. The van der Waals surface area contributed by atoms with Gasteiger partial charge in [0.05, 0.1) is 6.10 Å². The molecule has 0 aromatic heterocycles. The van der Waals surface area contributed by atoms with E-state index in [9.17, 15) is 9.50 Å².